The fraction of sp³-hybridized carbons (Fsp3) is 0.286. The summed E-state index contributed by atoms with van der Waals surface area (Å²) in [5.74, 6) is 0.433. The van der Waals surface area contributed by atoms with E-state index >= 15 is 0 Å². The van der Waals surface area contributed by atoms with Crippen LogP contribution in [0.4, 0.5) is 5.82 Å². The number of allylic oxidation sites excluding steroid dienone is 2. The minimum atomic E-state index is -0.526. The molecule has 3 heterocycles. The molecule has 2 aliphatic rings. The van der Waals surface area contributed by atoms with Gasteiger partial charge in [-0.05, 0) is 26.0 Å². The second-order valence-corrected chi connectivity index (χ2v) is 5.36. The Hall–Kier alpha value is -2.88. The van der Waals surface area contributed by atoms with Crippen molar-refractivity contribution < 1.29 is 4.79 Å². The molecule has 0 unspecified atom stereocenters. The molecule has 2 N–H and O–H groups in total. The Labute approximate surface area is 122 Å². The van der Waals surface area contributed by atoms with E-state index in [9.17, 15) is 10.1 Å². The molecule has 2 aliphatic heterocycles. The number of carbonyl (C=O) groups is 1. The Morgan fingerprint density at radius 2 is 2.33 bits per heavy atom. The van der Waals surface area contributed by atoms with Crippen molar-refractivity contribution in [1.82, 2.24) is 20.2 Å². The van der Waals surface area contributed by atoms with Gasteiger partial charge in [-0.25, -0.2) is 9.97 Å². The summed E-state index contributed by atoms with van der Waals surface area (Å²) in [6.45, 7) is 4.30. The standard InChI is InChI=1S/C14H14N6O/c1-14(2)19-13(21)12-9(6-15)5-10(7-20(12)14)18-11-3-4-16-8-17-11/h3-5,8H,7H2,1-2H3,(H,19,21)(H,16,17,18). The van der Waals surface area contributed by atoms with Crippen molar-refractivity contribution in [1.29, 1.82) is 5.26 Å². The van der Waals surface area contributed by atoms with E-state index in [-0.39, 0.29) is 5.91 Å². The summed E-state index contributed by atoms with van der Waals surface area (Å²) in [4.78, 5) is 21.9. The number of carbonyl (C=O) groups excluding carboxylic acids is 1. The average Bonchev–Trinajstić information content (AvgIpc) is 2.69. The normalized spacial score (nSPS) is 19.6. The van der Waals surface area contributed by atoms with Crippen LogP contribution in [0.3, 0.4) is 0 Å². The molecule has 1 aromatic rings. The third-order valence-electron chi connectivity index (χ3n) is 3.47. The maximum Gasteiger partial charge on any atom is 0.270 e. The highest BCUT2D eigenvalue weighted by Gasteiger charge is 2.43. The molecule has 0 spiro atoms. The Balaban J connectivity index is 1.96. The van der Waals surface area contributed by atoms with Gasteiger partial charge in [0, 0.05) is 11.9 Å². The highest BCUT2D eigenvalue weighted by atomic mass is 16.2. The number of hydrogen-bond donors (Lipinski definition) is 2. The zero-order valence-electron chi connectivity index (χ0n) is 11.7. The monoisotopic (exact) mass is 282 g/mol. The van der Waals surface area contributed by atoms with E-state index in [2.05, 4.69) is 26.7 Å². The lowest BCUT2D eigenvalue weighted by Crippen LogP contribution is -2.47. The number of rotatable bonds is 2. The third-order valence-corrected chi connectivity index (χ3v) is 3.47. The van der Waals surface area contributed by atoms with Crippen LogP contribution in [-0.4, -0.2) is 33.0 Å². The summed E-state index contributed by atoms with van der Waals surface area (Å²) in [7, 11) is 0. The summed E-state index contributed by atoms with van der Waals surface area (Å²) in [6.07, 6.45) is 4.77. The van der Waals surface area contributed by atoms with Crippen molar-refractivity contribution in [2.24, 2.45) is 0 Å². The van der Waals surface area contributed by atoms with Crippen molar-refractivity contribution in [2.45, 2.75) is 19.5 Å². The van der Waals surface area contributed by atoms with Gasteiger partial charge in [-0.15, -0.1) is 0 Å². The summed E-state index contributed by atoms with van der Waals surface area (Å²) in [6, 6.07) is 3.83. The predicted octanol–water partition coefficient (Wildman–Crippen LogP) is 0.732. The van der Waals surface area contributed by atoms with E-state index < -0.39 is 5.66 Å². The van der Waals surface area contributed by atoms with Crippen LogP contribution >= 0.6 is 0 Å². The number of fused-ring (bicyclic) bond motifs is 1. The van der Waals surface area contributed by atoms with E-state index in [1.54, 1.807) is 18.3 Å². The van der Waals surface area contributed by atoms with Gasteiger partial charge in [0.1, 0.15) is 29.6 Å². The van der Waals surface area contributed by atoms with E-state index in [0.717, 1.165) is 5.70 Å². The molecule has 1 aromatic heterocycles. The topological polar surface area (TPSA) is 93.9 Å². The fourth-order valence-electron chi connectivity index (χ4n) is 2.50. The summed E-state index contributed by atoms with van der Waals surface area (Å²) in [5.41, 5.74) is 1.05. The van der Waals surface area contributed by atoms with Crippen molar-refractivity contribution in [3.63, 3.8) is 0 Å². The Kier molecular flexibility index (Phi) is 2.87. The molecule has 106 valence electrons. The maximum absolute atomic E-state index is 12.0. The van der Waals surface area contributed by atoms with Crippen LogP contribution in [-0.2, 0) is 4.79 Å². The molecule has 0 aromatic carbocycles. The van der Waals surface area contributed by atoms with Crippen LogP contribution in [0, 0.1) is 11.3 Å². The van der Waals surface area contributed by atoms with Gasteiger partial charge in [-0.2, -0.15) is 5.26 Å². The molecule has 7 nitrogen and oxygen atoms in total. The first-order valence-electron chi connectivity index (χ1n) is 6.49. The molecule has 3 rings (SSSR count). The molecular weight excluding hydrogens is 268 g/mol. The van der Waals surface area contributed by atoms with Crippen molar-refractivity contribution in [2.75, 3.05) is 11.9 Å². The number of anilines is 1. The molecule has 1 fully saturated rings. The number of hydrogen-bond acceptors (Lipinski definition) is 6. The Bertz CT molecular complexity index is 698. The number of amides is 1. The molecule has 0 saturated carbocycles. The van der Waals surface area contributed by atoms with Crippen LogP contribution < -0.4 is 10.6 Å². The lowest BCUT2D eigenvalue weighted by Gasteiger charge is -2.35. The lowest BCUT2D eigenvalue weighted by molar-refractivity contribution is -0.117. The predicted molar refractivity (Wildman–Crippen MR) is 75.3 cm³/mol. The van der Waals surface area contributed by atoms with Gasteiger partial charge in [0.15, 0.2) is 0 Å². The number of aromatic nitrogens is 2. The van der Waals surface area contributed by atoms with Gasteiger partial charge < -0.3 is 15.5 Å². The molecule has 0 bridgehead atoms. The third kappa shape index (κ3) is 2.21. The van der Waals surface area contributed by atoms with Crippen molar-refractivity contribution in [3.05, 3.63) is 41.6 Å². The Morgan fingerprint density at radius 1 is 1.52 bits per heavy atom. The van der Waals surface area contributed by atoms with Crippen molar-refractivity contribution in [3.8, 4) is 6.07 Å². The zero-order valence-corrected chi connectivity index (χ0v) is 11.7. The fourth-order valence-corrected chi connectivity index (χ4v) is 2.50. The van der Waals surface area contributed by atoms with E-state index in [0.29, 0.717) is 23.6 Å². The smallest absolute Gasteiger partial charge is 0.270 e. The molecule has 1 amide bonds. The molecule has 0 aliphatic carbocycles. The molecule has 7 heteroatoms. The Morgan fingerprint density at radius 3 is 3.00 bits per heavy atom. The number of nitrogens with zero attached hydrogens (tertiary/aromatic N) is 4. The van der Waals surface area contributed by atoms with Gasteiger partial charge in [0.2, 0.25) is 0 Å². The quantitative estimate of drug-likeness (QED) is 0.830. The average molecular weight is 282 g/mol. The molecule has 0 atom stereocenters. The van der Waals surface area contributed by atoms with E-state index in [1.807, 2.05) is 18.7 Å². The molecular formula is C14H14N6O. The van der Waals surface area contributed by atoms with Crippen LogP contribution in [0.5, 0.6) is 0 Å². The summed E-state index contributed by atoms with van der Waals surface area (Å²) in [5, 5.41) is 15.3. The molecule has 1 saturated heterocycles. The zero-order chi connectivity index (χ0) is 15.0. The van der Waals surface area contributed by atoms with Gasteiger partial charge >= 0.3 is 0 Å². The van der Waals surface area contributed by atoms with Crippen LogP contribution in [0.25, 0.3) is 0 Å². The number of nitriles is 1. The minimum absolute atomic E-state index is 0.214. The summed E-state index contributed by atoms with van der Waals surface area (Å²) >= 11 is 0. The largest absolute Gasteiger partial charge is 0.342 e. The SMILES string of the molecule is CC1(C)NC(=O)C2=C(C#N)C=C(Nc3ccncn3)CN21. The second-order valence-electron chi connectivity index (χ2n) is 5.36. The highest BCUT2D eigenvalue weighted by molar-refractivity contribution is 5.98. The van der Waals surface area contributed by atoms with E-state index in [4.69, 9.17) is 0 Å². The first-order chi connectivity index (χ1) is 10.0. The maximum atomic E-state index is 12.0. The van der Waals surface area contributed by atoms with Gasteiger partial charge in [-0.1, -0.05) is 0 Å². The lowest BCUT2D eigenvalue weighted by atomic mass is 10.1. The van der Waals surface area contributed by atoms with E-state index in [1.165, 1.54) is 6.33 Å². The molecule has 21 heavy (non-hydrogen) atoms. The number of nitrogens with one attached hydrogen (secondary N) is 2. The van der Waals surface area contributed by atoms with Crippen LogP contribution in [0.1, 0.15) is 13.8 Å². The summed E-state index contributed by atoms with van der Waals surface area (Å²) < 4.78 is 0. The first kappa shape index (κ1) is 13.1. The highest BCUT2D eigenvalue weighted by Crippen LogP contribution is 2.32. The minimum Gasteiger partial charge on any atom is -0.342 e. The van der Waals surface area contributed by atoms with Gasteiger partial charge in [0.05, 0.1) is 12.1 Å². The second kappa shape index (κ2) is 4.59. The first-order valence-corrected chi connectivity index (χ1v) is 6.49. The molecule has 0 radical (unpaired) electrons. The van der Waals surface area contributed by atoms with Crippen molar-refractivity contribution >= 4 is 11.7 Å². The van der Waals surface area contributed by atoms with Gasteiger partial charge in [-0.3, -0.25) is 4.79 Å². The van der Waals surface area contributed by atoms with Crippen LogP contribution in [0.15, 0.2) is 41.6 Å². The van der Waals surface area contributed by atoms with Gasteiger partial charge in [0.25, 0.3) is 5.91 Å². The van der Waals surface area contributed by atoms with Crippen LogP contribution in [0.2, 0.25) is 0 Å².